The highest BCUT2D eigenvalue weighted by molar-refractivity contribution is 5.68. The van der Waals surface area contributed by atoms with Gasteiger partial charge in [0, 0.05) is 13.1 Å². The topological polar surface area (TPSA) is 79.8 Å². The van der Waals surface area contributed by atoms with E-state index in [1.54, 1.807) is 14.2 Å². The molecular weight excluding hydrogens is 272 g/mol. The Kier molecular flexibility index (Phi) is 5.03. The van der Waals surface area contributed by atoms with Crippen LogP contribution in [0, 0.1) is 0 Å². The largest absolute Gasteiger partial charge is 0.493 e. The molecule has 3 N–H and O–H groups in total. The van der Waals surface area contributed by atoms with Crippen LogP contribution in [0.1, 0.15) is 12.0 Å². The summed E-state index contributed by atoms with van der Waals surface area (Å²) in [4.78, 5) is 10.9. The summed E-state index contributed by atoms with van der Waals surface area (Å²) in [6.45, 7) is 2.13. The van der Waals surface area contributed by atoms with Gasteiger partial charge in [0.2, 0.25) is 0 Å². The molecule has 6 nitrogen and oxygen atoms in total. The normalized spacial score (nSPS) is 16.1. The van der Waals surface area contributed by atoms with Crippen molar-refractivity contribution in [1.29, 1.82) is 0 Å². The molecule has 0 aliphatic carbocycles. The second-order valence-electron chi connectivity index (χ2n) is 5.32. The monoisotopic (exact) mass is 294 g/mol. The van der Waals surface area contributed by atoms with Gasteiger partial charge in [-0.1, -0.05) is 6.07 Å². The van der Waals surface area contributed by atoms with Crippen LogP contribution < -0.4 is 20.1 Å². The fraction of sp³-hybridized carbons (Fsp3) is 0.533. The number of hydrogen-bond donors (Lipinski definition) is 3. The van der Waals surface area contributed by atoms with E-state index < -0.39 is 5.97 Å². The van der Waals surface area contributed by atoms with Crippen LogP contribution >= 0.6 is 0 Å². The Bertz CT molecular complexity index is 500. The van der Waals surface area contributed by atoms with Crippen LogP contribution in [0.2, 0.25) is 0 Å². The van der Waals surface area contributed by atoms with Crippen LogP contribution in [0.25, 0.3) is 0 Å². The molecular formula is C15H22N2O4. The van der Waals surface area contributed by atoms with Crippen LogP contribution in [0.5, 0.6) is 11.5 Å². The zero-order chi connectivity index (χ0) is 15.3. The molecule has 1 fully saturated rings. The molecule has 0 aromatic heterocycles. The Morgan fingerprint density at radius 1 is 1.33 bits per heavy atom. The Labute approximate surface area is 124 Å². The first-order valence-electron chi connectivity index (χ1n) is 6.97. The second-order valence-corrected chi connectivity index (χ2v) is 5.32. The van der Waals surface area contributed by atoms with Crippen LogP contribution in [-0.2, 0) is 11.2 Å². The summed E-state index contributed by atoms with van der Waals surface area (Å²) in [6, 6.07) is 5.82. The number of rotatable bonds is 8. The van der Waals surface area contributed by atoms with Crippen LogP contribution in [0.4, 0.5) is 0 Å². The summed E-state index contributed by atoms with van der Waals surface area (Å²) in [5.74, 6) is 0.649. The molecule has 0 radical (unpaired) electrons. The minimum atomic E-state index is -0.768. The van der Waals surface area contributed by atoms with Gasteiger partial charge in [0.1, 0.15) is 0 Å². The highest BCUT2D eigenvalue weighted by Gasteiger charge is 2.38. The first-order valence-corrected chi connectivity index (χ1v) is 6.97. The smallest absolute Gasteiger partial charge is 0.305 e. The van der Waals surface area contributed by atoms with Gasteiger partial charge in [-0.3, -0.25) is 4.79 Å². The lowest BCUT2D eigenvalue weighted by Gasteiger charge is -2.42. The van der Waals surface area contributed by atoms with Gasteiger partial charge in [-0.2, -0.15) is 0 Å². The molecule has 21 heavy (non-hydrogen) atoms. The van der Waals surface area contributed by atoms with Crippen molar-refractivity contribution in [2.45, 2.75) is 18.4 Å². The molecule has 1 heterocycles. The number of carbonyl (C=O) groups is 1. The molecule has 2 rings (SSSR count). The highest BCUT2D eigenvalue weighted by atomic mass is 16.5. The summed E-state index contributed by atoms with van der Waals surface area (Å²) in [6.07, 6.45) is 0.952. The lowest BCUT2D eigenvalue weighted by atomic mass is 9.88. The molecule has 0 amide bonds. The number of methoxy groups -OCH3 is 2. The van der Waals surface area contributed by atoms with E-state index in [9.17, 15) is 4.79 Å². The van der Waals surface area contributed by atoms with Crippen molar-refractivity contribution in [3.63, 3.8) is 0 Å². The summed E-state index contributed by atoms with van der Waals surface area (Å²) in [5.41, 5.74) is 0.820. The van der Waals surface area contributed by atoms with E-state index in [0.29, 0.717) is 24.6 Å². The van der Waals surface area contributed by atoms with Gasteiger partial charge in [-0.25, -0.2) is 0 Å². The third-order valence-electron chi connectivity index (χ3n) is 3.78. The molecule has 0 unspecified atom stereocenters. The number of ether oxygens (including phenoxy) is 2. The SMILES string of the molecule is COc1ccc(CCNC2(CC(=O)O)CNC2)cc1OC. The fourth-order valence-corrected chi connectivity index (χ4v) is 2.54. The Morgan fingerprint density at radius 2 is 2.05 bits per heavy atom. The molecule has 116 valence electrons. The molecule has 1 aliphatic rings. The molecule has 0 spiro atoms. The first-order chi connectivity index (χ1) is 10.1. The zero-order valence-electron chi connectivity index (χ0n) is 12.4. The van der Waals surface area contributed by atoms with Crippen molar-refractivity contribution in [1.82, 2.24) is 10.6 Å². The maximum absolute atomic E-state index is 10.9. The number of hydrogen-bond acceptors (Lipinski definition) is 5. The number of nitrogens with one attached hydrogen (secondary N) is 2. The molecule has 1 aliphatic heterocycles. The Morgan fingerprint density at radius 3 is 2.57 bits per heavy atom. The van der Waals surface area contributed by atoms with Gasteiger partial charge >= 0.3 is 5.97 Å². The third-order valence-corrected chi connectivity index (χ3v) is 3.78. The predicted molar refractivity (Wildman–Crippen MR) is 79.1 cm³/mol. The van der Waals surface area contributed by atoms with E-state index in [-0.39, 0.29) is 12.0 Å². The van der Waals surface area contributed by atoms with Crippen molar-refractivity contribution in [3.05, 3.63) is 23.8 Å². The molecule has 1 aromatic rings. The maximum Gasteiger partial charge on any atom is 0.305 e. The van der Waals surface area contributed by atoms with Gasteiger partial charge in [-0.05, 0) is 30.7 Å². The van der Waals surface area contributed by atoms with Crippen molar-refractivity contribution < 1.29 is 19.4 Å². The quantitative estimate of drug-likeness (QED) is 0.653. The lowest BCUT2D eigenvalue weighted by Crippen LogP contribution is -2.68. The van der Waals surface area contributed by atoms with E-state index in [2.05, 4.69) is 10.6 Å². The second kappa shape index (κ2) is 6.78. The molecule has 0 saturated carbocycles. The highest BCUT2D eigenvalue weighted by Crippen LogP contribution is 2.27. The Hall–Kier alpha value is -1.79. The number of aliphatic carboxylic acids is 1. The van der Waals surface area contributed by atoms with E-state index in [0.717, 1.165) is 18.5 Å². The van der Waals surface area contributed by atoms with Gasteiger partial charge in [0.05, 0.1) is 26.2 Å². The summed E-state index contributed by atoms with van der Waals surface area (Å²) in [5, 5.41) is 15.4. The van der Waals surface area contributed by atoms with Crippen molar-refractivity contribution in [3.8, 4) is 11.5 Å². The molecule has 1 aromatic carbocycles. The number of carboxylic acid groups (broad SMARTS) is 1. The molecule has 0 bridgehead atoms. The number of carboxylic acids is 1. The van der Waals surface area contributed by atoms with Gasteiger partial charge in [-0.15, -0.1) is 0 Å². The Balaban J connectivity index is 1.89. The van der Waals surface area contributed by atoms with Gasteiger partial charge in [0.25, 0.3) is 0 Å². The van der Waals surface area contributed by atoms with Gasteiger partial charge in [0.15, 0.2) is 11.5 Å². The van der Waals surface area contributed by atoms with E-state index >= 15 is 0 Å². The average Bonchev–Trinajstić information content (AvgIpc) is 2.43. The van der Waals surface area contributed by atoms with E-state index in [1.807, 2.05) is 18.2 Å². The standard InChI is InChI=1S/C15H22N2O4/c1-20-12-4-3-11(7-13(12)21-2)5-6-17-15(8-14(18)19)9-16-10-15/h3-4,7,16-17H,5-6,8-10H2,1-2H3,(H,18,19). The summed E-state index contributed by atoms with van der Waals surface area (Å²) in [7, 11) is 3.22. The van der Waals surface area contributed by atoms with E-state index in [1.165, 1.54) is 0 Å². The minimum Gasteiger partial charge on any atom is -0.493 e. The van der Waals surface area contributed by atoms with Crippen LogP contribution in [0.15, 0.2) is 18.2 Å². The van der Waals surface area contributed by atoms with Crippen molar-refractivity contribution >= 4 is 5.97 Å². The lowest BCUT2D eigenvalue weighted by molar-refractivity contribution is -0.139. The van der Waals surface area contributed by atoms with E-state index in [4.69, 9.17) is 14.6 Å². The molecule has 0 atom stereocenters. The fourth-order valence-electron chi connectivity index (χ4n) is 2.54. The molecule has 6 heteroatoms. The zero-order valence-corrected chi connectivity index (χ0v) is 12.4. The minimum absolute atomic E-state index is 0.145. The number of benzene rings is 1. The molecule has 1 saturated heterocycles. The van der Waals surface area contributed by atoms with Crippen LogP contribution in [-0.4, -0.2) is 50.5 Å². The average molecular weight is 294 g/mol. The maximum atomic E-state index is 10.9. The van der Waals surface area contributed by atoms with Gasteiger partial charge < -0.3 is 25.2 Å². The summed E-state index contributed by atoms with van der Waals surface area (Å²) >= 11 is 0. The first kappa shape index (κ1) is 15.6. The third kappa shape index (κ3) is 3.86. The van der Waals surface area contributed by atoms with Crippen LogP contribution in [0.3, 0.4) is 0 Å². The predicted octanol–water partition coefficient (Wildman–Crippen LogP) is 0.653. The summed E-state index contributed by atoms with van der Waals surface area (Å²) < 4.78 is 10.5. The van der Waals surface area contributed by atoms with Crippen molar-refractivity contribution in [2.75, 3.05) is 33.9 Å². The van der Waals surface area contributed by atoms with Crippen molar-refractivity contribution in [2.24, 2.45) is 0 Å².